The number of rotatable bonds is 3. The van der Waals surface area contributed by atoms with Gasteiger partial charge in [0, 0.05) is 18.4 Å². The molecule has 144 valence electrons. The molecule has 6 nitrogen and oxygen atoms in total. The van der Waals surface area contributed by atoms with E-state index >= 15 is 0 Å². The molecule has 2 fully saturated rings. The van der Waals surface area contributed by atoms with Crippen molar-refractivity contribution in [3.05, 3.63) is 23.8 Å². The maximum atomic E-state index is 12.4. The largest absolute Gasteiger partial charge is 0.461 e. The molecule has 0 amide bonds. The number of hydrogen-bond acceptors (Lipinski definition) is 6. The monoisotopic (exact) mass is 364 g/mol. The minimum atomic E-state index is -0.658. The van der Waals surface area contributed by atoms with Crippen molar-refractivity contribution in [3.63, 3.8) is 0 Å². The van der Waals surface area contributed by atoms with Gasteiger partial charge in [0.15, 0.2) is 0 Å². The van der Waals surface area contributed by atoms with Gasteiger partial charge in [-0.3, -0.25) is 4.79 Å². The quantitative estimate of drug-likeness (QED) is 0.358. The number of aliphatic hydroxyl groups is 1. The van der Waals surface area contributed by atoms with Crippen molar-refractivity contribution in [1.29, 1.82) is 0 Å². The van der Waals surface area contributed by atoms with E-state index in [1.807, 2.05) is 20.8 Å². The average Bonchev–Trinajstić information content (AvgIpc) is 3.11. The van der Waals surface area contributed by atoms with E-state index in [9.17, 15) is 14.7 Å². The highest BCUT2D eigenvalue weighted by Crippen LogP contribution is 2.48. The third-order valence-corrected chi connectivity index (χ3v) is 5.98. The van der Waals surface area contributed by atoms with Crippen molar-refractivity contribution in [2.75, 3.05) is 0 Å². The third-order valence-electron chi connectivity index (χ3n) is 5.98. The van der Waals surface area contributed by atoms with Crippen molar-refractivity contribution in [1.82, 2.24) is 0 Å². The minimum absolute atomic E-state index is 0.103. The Bertz CT molecular complexity index is 653. The Balaban J connectivity index is 1.95. The van der Waals surface area contributed by atoms with Gasteiger partial charge in [-0.15, -0.1) is 0 Å². The molecule has 2 saturated heterocycles. The molecule has 0 saturated carbocycles. The van der Waals surface area contributed by atoms with Crippen molar-refractivity contribution >= 4 is 11.9 Å². The first-order chi connectivity index (χ1) is 12.2. The van der Waals surface area contributed by atoms with Crippen LogP contribution in [0.2, 0.25) is 0 Å². The van der Waals surface area contributed by atoms with E-state index in [4.69, 9.17) is 14.2 Å². The summed E-state index contributed by atoms with van der Waals surface area (Å²) in [6.07, 6.45) is 1.42. The average molecular weight is 364 g/mol. The first kappa shape index (κ1) is 19.1. The van der Waals surface area contributed by atoms with E-state index in [2.05, 4.69) is 6.58 Å². The zero-order chi connectivity index (χ0) is 19.2. The molecule has 2 heterocycles. The molecule has 0 aromatic rings. The zero-order valence-electron chi connectivity index (χ0n) is 15.9. The summed E-state index contributed by atoms with van der Waals surface area (Å²) in [4.78, 5) is 24.6. The summed E-state index contributed by atoms with van der Waals surface area (Å²) < 4.78 is 17.1. The smallest absolute Gasteiger partial charge is 0.334 e. The maximum Gasteiger partial charge on any atom is 0.334 e. The zero-order valence-corrected chi connectivity index (χ0v) is 15.9. The molecule has 0 aromatic carbocycles. The lowest BCUT2D eigenvalue weighted by Crippen LogP contribution is -2.38. The molecular weight excluding hydrogens is 336 g/mol. The molecule has 0 unspecified atom stereocenters. The first-order valence-corrected chi connectivity index (χ1v) is 9.30. The summed E-state index contributed by atoms with van der Waals surface area (Å²) in [5.74, 6) is -1.47. The molecule has 2 aliphatic heterocycles. The highest BCUT2D eigenvalue weighted by atomic mass is 16.6. The van der Waals surface area contributed by atoms with Crippen LogP contribution in [0.3, 0.4) is 0 Å². The van der Waals surface area contributed by atoms with Crippen LogP contribution in [0.5, 0.6) is 0 Å². The standard InChI is InChI=1S/C20H28O6/c1-6-10(2)18(22)25-15-9-20(5)16(26-20)8-13(21)11(3)7-14-17(15)12(4)19(23)24-14/h7,10,13-17,21H,4,6,8-9H2,1-3,5H3/b11-7-/t10-,13+,14-,15-,16-,17+,20-/m1/s1. The Hall–Kier alpha value is -1.66. The normalized spacial score (nSPS) is 42.7. The van der Waals surface area contributed by atoms with Gasteiger partial charge in [-0.2, -0.15) is 0 Å². The SMILES string of the molecule is C=C1C(=O)O[C@@H]2/C=C(/C)[C@@H](O)C[C@H]3O[C@]3(C)C[C@@H](OC(=O)[C@H](C)CC)[C@@H]12. The fourth-order valence-corrected chi connectivity index (χ4v) is 3.78. The Morgan fingerprint density at radius 1 is 1.54 bits per heavy atom. The van der Waals surface area contributed by atoms with E-state index in [1.165, 1.54) is 0 Å². The van der Waals surface area contributed by atoms with Crippen LogP contribution in [0.1, 0.15) is 47.0 Å². The van der Waals surface area contributed by atoms with Gasteiger partial charge in [-0.1, -0.05) is 20.4 Å². The van der Waals surface area contributed by atoms with Crippen LogP contribution in [-0.4, -0.2) is 47.1 Å². The molecule has 7 atom stereocenters. The van der Waals surface area contributed by atoms with E-state index in [1.54, 1.807) is 13.0 Å². The molecule has 26 heavy (non-hydrogen) atoms. The number of fused-ring (bicyclic) bond motifs is 2. The molecule has 0 spiro atoms. The lowest BCUT2D eigenvalue weighted by atomic mass is 9.82. The summed E-state index contributed by atoms with van der Waals surface area (Å²) in [5.41, 5.74) is 0.529. The van der Waals surface area contributed by atoms with Gasteiger partial charge in [0.05, 0.1) is 29.6 Å². The highest BCUT2D eigenvalue weighted by Gasteiger charge is 2.57. The van der Waals surface area contributed by atoms with Gasteiger partial charge in [0.2, 0.25) is 0 Å². The summed E-state index contributed by atoms with van der Waals surface area (Å²) in [5, 5.41) is 10.4. The number of carbonyl (C=O) groups excluding carboxylic acids is 2. The Morgan fingerprint density at radius 3 is 2.88 bits per heavy atom. The van der Waals surface area contributed by atoms with Crippen molar-refractivity contribution < 1.29 is 28.9 Å². The molecular formula is C20H28O6. The van der Waals surface area contributed by atoms with E-state index in [0.29, 0.717) is 30.4 Å². The fraction of sp³-hybridized carbons (Fsp3) is 0.700. The Labute approximate surface area is 154 Å². The van der Waals surface area contributed by atoms with Crippen molar-refractivity contribution in [2.45, 2.75) is 77.0 Å². The second kappa shape index (κ2) is 6.82. The van der Waals surface area contributed by atoms with Crippen LogP contribution in [0, 0.1) is 11.8 Å². The highest BCUT2D eigenvalue weighted by molar-refractivity contribution is 5.91. The van der Waals surface area contributed by atoms with Gasteiger partial charge < -0.3 is 19.3 Å². The number of hydrogen-bond donors (Lipinski definition) is 1. The van der Waals surface area contributed by atoms with Gasteiger partial charge in [0.25, 0.3) is 0 Å². The van der Waals surface area contributed by atoms with Crippen LogP contribution < -0.4 is 0 Å². The molecule has 0 bridgehead atoms. The number of carbonyl (C=O) groups is 2. The van der Waals surface area contributed by atoms with Crippen LogP contribution in [0.4, 0.5) is 0 Å². The van der Waals surface area contributed by atoms with E-state index in [-0.39, 0.29) is 18.0 Å². The fourth-order valence-electron chi connectivity index (χ4n) is 3.78. The Kier molecular flexibility index (Phi) is 5.01. The summed E-state index contributed by atoms with van der Waals surface area (Å²) in [6.45, 7) is 11.4. The Morgan fingerprint density at radius 2 is 2.23 bits per heavy atom. The number of ether oxygens (including phenoxy) is 3. The molecule has 3 rings (SSSR count). The van der Waals surface area contributed by atoms with Crippen LogP contribution >= 0.6 is 0 Å². The van der Waals surface area contributed by atoms with E-state index in [0.717, 1.165) is 0 Å². The first-order valence-electron chi connectivity index (χ1n) is 9.30. The predicted octanol–water partition coefficient (Wildman–Crippen LogP) is 2.30. The molecule has 1 aliphatic carbocycles. The second-order valence-corrected chi connectivity index (χ2v) is 7.99. The minimum Gasteiger partial charge on any atom is -0.461 e. The molecule has 3 aliphatic rings. The number of aliphatic hydroxyl groups excluding tert-OH is 1. The van der Waals surface area contributed by atoms with Gasteiger partial charge in [0.1, 0.15) is 12.2 Å². The van der Waals surface area contributed by atoms with Gasteiger partial charge in [-0.25, -0.2) is 4.79 Å². The second-order valence-electron chi connectivity index (χ2n) is 7.99. The summed E-state index contributed by atoms with van der Waals surface area (Å²) >= 11 is 0. The molecule has 0 aromatic heterocycles. The summed E-state index contributed by atoms with van der Waals surface area (Å²) in [7, 11) is 0. The summed E-state index contributed by atoms with van der Waals surface area (Å²) in [6, 6.07) is 0. The molecule has 0 radical (unpaired) electrons. The predicted molar refractivity (Wildman–Crippen MR) is 94.1 cm³/mol. The van der Waals surface area contributed by atoms with Crippen LogP contribution in [0.15, 0.2) is 23.8 Å². The number of esters is 2. The van der Waals surface area contributed by atoms with Gasteiger partial charge in [-0.05, 0) is 31.9 Å². The lowest BCUT2D eigenvalue weighted by Gasteiger charge is -2.29. The lowest BCUT2D eigenvalue weighted by molar-refractivity contribution is -0.157. The topological polar surface area (TPSA) is 85.4 Å². The maximum absolute atomic E-state index is 12.4. The van der Waals surface area contributed by atoms with Crippen molar-refractivity contribution in [3.8, 4) is 0 Å². The van der Waals surface area contributed by atoms with Crippen molar-refractivity contribution in [2.24, 2.45) is 11.8 Å². The third kappa shape index (κ3) is 3.45. The van der Waals surface area contributed by atoms with Crippen LogP contribution in [-0.2, 0) is 23.8 Å². The van der Waals surface area contributed by atoms with Gasteiger partial charge >= 0.3 is 11.9 Å². The molecule has 1 N–H and O–H groups in total. The molecule has 6 heteroatoms. The van der Waals surface area contributed by atoms with Crippen LogP contribution in [0.25, 0.3) is 0 Å². The van der Waals surface area contributed by atoms with E-state index < -0.39 is 35.8 Å². The number of epoxide rings is 1.